The molecule has 0 bridgehead atoms. The van der Waals surface area contributed by atoms with Crippen LogP contribution in [-0.4, -0.2) is 86.8 Å². The van der Waals surface area contributed by atoms with E-state index in [4.69, 9.17) is 4.74 Å². The van der Waals surface area contributed by atoms with E-state index in [-0.39, 0.29) is 16.9 Å². The molecule has 2 aliphatic heterocycles. The molecule has 0 N–H and O–H groups in total. The Bertz CT molecular complexity index is 774. The number of rotatable bonds is 4. The number of nitrogens with zero attached hydrogens (tertiary/aromatic N) is 3. The van der Waals surface area contributed by atoms with Crippen molar-refractivity contribution in [3.05, 3.63) is 29.8 Å². The van der Waals surface area contributed by atoms with Crippen molar-refractivity contribution >= 4 is 22.3 Å². The number of hydrogen-bond acceptors (Lipinski definition) is 5. The van der Waals surface area contributed by atoms with Crippen LogP contribution in [0.2, 0.25) is 0 Å². The van der Waals surface area contributed by atoms with Crippen LogP contribution in [0.4, 0.5) is 0 Å². The van der Waals surface area contributed by atoms with Crippen molar-refractivity contribution < 1.29 is 22.7 Å². The van der Waals surface area contributed by atoms with Crippen LogP contribution >= 0.6 is 0 Å². The van der Waals surface area contributed by atoms with Crippen LogP contribution in [0.25, 0.3) is 0 Å². The van der Waals surface area contributed by atoms with E-state index < -0.39 is 10.0 Å². The number of ether oxygens (including phenoxy) is 1. The second-order valence-electron chi connectivity index (χ2n) is 6.51. The van der Waals surface area contributed by atoms with Gasteiger partial charge in [-0.15, -0.1) is 0 Å². The van der Waals surface area contributed by atoms with Gasteiger partial charge in [0.25, 0.3) is 5.91 Å². The average Bonchev–Trinajstić information content (AvgIpc) is 2.67. The first-order chi connectivity index (χ1) is 12.4. The minimum Gasteiger partial charge on any atom is -0.376 e. The van der Waals surface area contributed by atoms with E-state index in [1.54, 1.807) is 21.9 Å². The zero-order valence-corrected chi connectivity index (χ0v) is 15.5. The summed E-state index contributed by atoms with van der Waals surface area (Å²) in [6.45, 7) is 4.65. The topological polar surface area (TPSA) is 87.2 Å². The average molecular weight is 381 g/mol. The van der Waals surface area contributed by atoms with Crippen molar-refractivity contribution in [2.45, 2.75) is 17.9 Å². The van der Waals surface area contributed by atoms with Crippen LogP contribution in [0.1, 0.15) is 17.3 Å². The first kappa shape index (κ1) is 18.8. The second-order valence-corrected chi connectivity index (χ2v) is 8.44. The minimum absolute atomic E-state index is 0.115. The van der Waals surface area contributed by atoms with Crippen molar-refractivity contribution in [3.63, 3.8) is 0 Å². The van der Waals surface area contributed by atoms with Crippen molar-refractivity contribution in [2.24, 2.45) is 0 Å². The van der Waals surface area contributed by atoms with Gasteiger partial charge in [-0.05, 0) is 25.1 Å². The van der Waals surface area contributed by atoms with E-state index in [1.165, 1.54) is 16.4 Å². The van der Waals surface area contributed by atoms with Crippen molar-refractivity contribution in [1.82, 2.24) is 14.1 Å². The summed E-state index contributed by atoms with van der Waals surface area (Å²) in [6.07, 6.45) is 0.621. The number of carbonyl (C=O) groups is 2. The van der Waals surface area contributed by atoms with Gasteiger partial charge in [-0.1, -0.05) is 6.07 Å². The number of carbonyl (C=O) groups excluding carboxylic acids is 2. The first-order valence-corrected chi connectivity index (χ1v) is 10.1. The molecule has 8 nitrogen and oxygen atoms in total. The Balaban J connectivity index is 1.77. The van der Waals surface area contributed by atoms with Gasteiger partial charge in [0.15, 0.2) is 0 Å². The van der Waals surface area contributed by atoms with Gasteiger partial charge in [0.2, 0.25) is 16.4 Å². The van der Waals surface area contributed by atoms with Crippen molar-refractivity contribution in [1.29, 1.82) is 0 Å². The van der Waals surface area contributed by atoms with E-state index >= 15 is 0 Å². The molecule has 1 aromatic rings. The number of amides is 2. The zero-order valence-electron chi connectivity index (χ0n) is 14.7. The Kier molecular flexibility index (Phi) is 5.59. The second kappa shape index (κ2) is 7.73. The Morgan fingerprint density at radius 3 is 2.58 bits per heavy atom. The molecule has 26 heavy (non-hydrogen) atoms. The van der Waals surface area contributed by atoms with E-state index in [9.17, 15) is 18.0 Å². The van der Waals surface area contributed by atoms with Gasteiger partial charge in [-0.25, -0.2) is 8.42 Å². The zero-order chi connectivity index (χ0) is 18.7. The third-order valence-corrected chi connectivity index (χ3v) is 6.53. The highest BCUT2D eigenvalue weighted by atomic mass is 32.2. The molecule has 9 heteroatoms. The van der Waals surface area contributed by atoms with E-state index in [0.717, 1.165) is 6.41 Å². The lowest BCUT2D eigenvalue weighted by Crippen LogP contribution is -2.48. The Labute approximate surface area is 153 Å². The Hall–Kier alpha value is -1.97. The quantitative estimate of drug-likeness (QED) is 0.686. The summed E-state index contributed by atoms with van der Waals surface area (Å²) < 4.78 is 32.5. The highest BCUT2D eigenvalue weighted by Gasteiger charge is 2.30. The highest BCUT2D eigenvalue weighted by molar-refractivity contribution is 7.89. The highest BCUT2D eigenvalue weighted by Crippen LogP contribution is 2.20. The van der Waals surface area contributed by atoms with Gasteiger partial charge in [-0.2, -0.15) is 4.31 Å². The molecule has 2 aliphatic rings. The summed E-state index contributed by atoms with van der Waals surface area (Å²) in [7, 11) is -3.67. The third-order valence-electron chi connectivity index (χ3n) is 4.67. The maximum atomic E-state index is 12.9. The summed E-state index contributed by atoms with van der Waals surface area (Å²) in [5, 5.41) is 0. The molecule has 0 aliphatic carbocycles. The maximum absolute atomic E-state index is 12.9. The molecule has 142 valence electrons. The summed E-state index contributed by atoms with van der Waals surface area (Å²) in [4.78, 5) is 26.8. The summed E-state index contributed by atoms with van der Waals surface area (Å²) in [5.41, 5.74) is 0.340. The molecular formula is C17H23N3O5S. The number of benzene rings is 1. The fourth-order valence-corrected chi connectivity index (χ4v) is 4.70. The Morgan fingerprint density at radius 2 is 1.92 bits per heavy atom. The molecular weight excluding hydrogens is 358 g/mol. The van der Waals surface area contributed by atoms with Crippen LogP contribution in [0.5, 0.6) is 0 Å². The van der Waals surface area contributed by atoms with Gasteiger partial charge < -0.3 is 14.5 Å². The molecule has 2 fully saturated rings. The molecule has 1 atom stereocenters. The molecule has 0 aromatic heterocycles. The first-order valence-electron chi connectivity index (χ1n) is 8.62. The van der Waals surface area contributed by atoms with Crippen LogP contribution in [0.15, 0.2) is 29.2 Å². The van der Waals surface area contributed by atoms with Crippen LogP contribution in [0, 0.1) is 0 Å². The van der Waals surface area contributed by atoms with E-state index in [1.807, 2.05) is 6.92 Å². The molecule has 1 aromatic carbocycles. The molecule has 3 rings (SSSR count). The molecule has 0 radical (unpaired) electrons. The maximum Gasteiger partial charge on any atom is 0.254 e. The van der Waals surface area contributed by atoms with Crippen LogP contribution in [-0.2, 0) is 19.6 Å². The number of sulfonamides is 1. The summed E-state index contributed by atoms with van der Waals surface area (Å²) in [6, 6.07) is 6.15. The van der Waals surface area contributed by atoms with Gasteiger partial charge in [0, 0.05) is 44.8 Å². The van der Waals surface area contributed by atoms with Gasteiger partial charge >= 0.3 is 0 Å². The smallest absolute Gasteiger partial charge is 0.254 e. The number of hydrogen-bond donors (Lipinski definition) is 0. The molecule has 2 amide bonds. The fourth-order valence-electron chi connectivity index (χ4n) is 3.16. The molecule has 0 spiro atoms. The predicted molar refractivity (Wildman–Crippen MR) is 94.2 cm³/mol. The lowest BCUT2D eigenvalue weighted by Gasteiger charge is -2.33. The van der Waals surface area contributed by atoms with Crippen LogP contribution < -0.4 is 0 Å². The largest absolute Gasteiger partial charge is 0.376 e. The van der Waals surface area contributed by atoms with E-state index in [0.29, 0.717) is 51.4 Å². The standard InChI is InChI=1S/C17H23N3O5S/c1-14-12-20(9-10-25-14)26(23,24)16-4-2-3-15(11-16)17(22)19-7-5-18(13-21)6-8-19/h2-4,11,13-14H,5-10,12H2,1H3. The fraction of sp³-hybridized carbons (Fsp3) is 0.529. The third kappa shape index (κ3) is 3.89. The van der Waals surface area contributed by atoms with Gasteiger partial charge in [-0.3, -0.25) is 9.59 Å². The molecule has 1 unspecified atom stereocenters. The van der Waals surface area contributed by atoms with E-state index in [2.05, 4.69) is 0 Å². The normalized spacial score (nSPS) is 22.3. The van der Waals surface area contributed by atoms with Crippen molar-refractivity contribution in [3.8, 4) is 0 Å². The molecule has 2 heterocycles. The lowest BCUT2D eigenvalue weighted by atomic mass is 10.2. The monoisotopic (exact) mass is 381 g/mol. The molecule has 0 saturated carbocycles. The van der Waals surface area contributed by atoms with Gasteiger partial charge in [0.1, 0.15) is 0 Å². The predicted octanol–water partition coefficient (Wildman–Crippen LogP) is 0.0102. The number of piperazine rings is 1. The van der Waals surface area contributed by atoms with Crippen molar-refractivity contribution in [2.75, 3.05) is 45.9 Å². The molecule has 2 saturated heterocycles. The lowest BCUT2D eigenvalue weighted by molar-refractivity contribution is -0.119. The summed E-state index contributed by atoms with van der Waals surface area (Å²) in [5.74, 6) is -0.219. The van der Waals surface area contributed by atoms with Gasteiger partial charge in [0.05, 0.1) is 17.6 Å². The minimum atomic E-state index is -3.67. The SMILES string of the molecule is CC1CN(S(=O)(=O)c2cccc(C(=O)N3CCN(C=O)CC3)c2)CCO1. The van der Waals surface area contributed by atoms with Crippen LogP contribution in [0.3, 0.4) is 0 Å². The Morgan fingerprint density at radius 1 is 1.19 bits per heavy atom. The number of morpholine rings is 1. The summed E-state index contributed by atoms with van der Waals surface area (Å²) >= 11 is 0.